The normalized spacial score (nSPS) is 18.0. The zero-order valence-electron chi connectivity index (χ0n) is 24.4. The molecule has 15 heteroatoms. The van der Waals surface area contributed by atoms with Crippen LogP contribution in [0.2, 0.25) is 5.02 Å². The molecule has 0 bridgehead atoms. The van der Waals surface area contributed by atoms with Gasteiger partial charge in [0.2, 0.25) is 0 Å². The summed E-state index contributed by atoms with van der Waals surface area (Å²) in [7, 11) is 1.75. The number of aliphatic hydroxyl groups is 1. The van der Waals surface area contributed by atoms with E-state index in [4.69, 9.17) is 16.3 Å². The molecule has 45 heavy (non-hydrogen) atoms. The number of Topliss-reactive ketones (excluding diaryl/α,β-unsaturated/α-hetero) is 1. The van der Waals surface area contributed by atoms with Crippen LogP contribution in [0, 0.1) is 11.6 Å². The Bertz CT molecular complexity index is 1630. The molecule has 1 aromatic heterocycles. The van der Waals surface area contributed by atoms with E-state index < -0.39 is 64.8 Å². The van der Waals surface area contributed by atoms with Gasteiger partial charge in [0.15, 0.2) is 5.79 Å². The number of carbonyl (C=O) groups excluding carboxylic acids is 3. The Balaban J connectivity index is 1.81. The van der Waals surface area contributed by atoms with Gasteiger partial charge in [0, 0.05) is 28.7 Å². The Labute approximate surface area is 259 Å². The minimum absolute atomic E-state index is 0.0796. The third-order valence-corrected chi connectivity index (χ3v) is 7.55. The fourth-order valence-electron chi connectivity index (χ4n) is 5.14. The minimum atomic E-state index is -4.94. The van der Waals surface area contributed by atoms with Gasteiger partial charge >= 0.3 is 6.18 Å². The summed E-state index contributed by atoms with van der Waals surface area (Å²) in [5.41, 5.74) is -2.09. The molecule has 1 fully saturated rings. The van der Waals surface area contributed by atoms with E-state index in [1.807, 2.05) is 0 Å². The van der Waals surface area contributed by atoms with Crippen LogP contribution >= 0.6 is 11.6 Å². The number of amides is 2. The first-order valence-electron chi connectivity index (χ1n) is 13.7. The Hall–Kier alpha value is -3.85. The molecule has 2 heterocycles. The van der Waals surface area contributed by atoms with Gasteiger partial charge in [-0.15, -0.1) is 0 Å². The molecule has 2 aromatic carbocycles. The number of hydrogen-bond donors (Lipinski definition) is 3. The van der Waals surface area contributed by atoms with Crippen molar-refractivity contribution >= 4 is 34.9 Å². The van der Waals surface area contributed by atoms with Crippen molar-refractivity contribution in [2.45, 2.75) is 38.3 Å². The molecular weight excluding hydrogens is 627 g/mol. The number of benzene rings is 2. The van der Waals surface area contributed by atoms with Crippen LogP contribution in [0.25, 0.3) is 0 Å². The van der Waals surface area contributed by atoms with Crippen LogP contribution in [0.3, 0.4) is 0 Å². The van der Waals surface area contributed by atoms with Crippen molar-refractivity contribution in [2.75, 3.05) is 38.6 Å². The van der Waals surface area contributed by atoms with E-state index in [2.05, 4.69) is 10.6 Å². The summed E-state index contributed by atoms with van der Waals surface area (Å²) in [6, 6.07) is 6.03. The number of alkyl halides is 3. The first-order valence-corrected chi connectivity index (χ1v) is 14.1. The number of ether oxygens (including phenoxy) is 1. The quantitative estimate of drug-likeness (QED) is 0.285. The van der Waals surface area contributed by atoms with Crippen LogP contribution in [0.5, 0.6) is 0 Å². The zero-order valence-corrected chi connectivity index (χ0v) is 25.2. The van der Waals surface area contributed by atoms with Crippen LogP contribution < -0.4 is 10.6 Å². The predicted molar refractivity (Wildman–Crippen MR) is 154 cm³/mol. The Morgan fingerprint density at radius 1 is 1.09 bits per heavy atom. The lowest BCUT2D eigenvalue weighted by molar-refractivity contribution is -0.231. The minimum Gasteiger partial charge on any atom is -0.363 e. The van der Waals surface area contributed by atoms with Crippen molar-refractivity contribution in [2.24, 2.45) is 0 Å². The third kappa shape index (κ3) is 8.06. The molecule has 9 nitrogen and oxygen atoms in total. The highest BCUT2D eigenvalue weighted by atomic mass is 35.5. The molecular formula is C30H30ClF5N4O5. The summed E-state index contributed by atoms with van der Waals surface area (Å²) in [6.07, 6.45) is -4.94. The monoisotopic (exact) mass is 656 g/mol. The van der Waals surface area contributed by atoms with Crippen molar-refractivity contribution in [1.29, 1.82) is 0 Å². The smallest absolute Gasteiger partial charge is 0.363 e. The summed E-state index contributed by atoms with van der Waals surface area (Å²) < 4.78 is 75.1. The van der Waals surface area contributed by atoms with Gasteiger partial charge in [-0.25, -0.2) is 8.78 Å². The largest absolute Gasteiger partial charge is 0.416 e. The van der Waals surface area contributed by atoms with Crippen LogP contribution in [0.4, 0.5) is 27.6 Å². The number of halogens is 6. The SMILES string of the molecule is CC(=O)Cn1c(C(=O)NC[C@@]2(O)CN(C)CCO2)cc(NC(=O)c2cc(F)cc(C(F)(F)F)c2)c1[C@H](C)c1cc(F)ccc1Cl. The van der Waals surface area contributed by atoms with Crippen molar-refractivity contribution < 1.29 is 46.2 Å². The van der Waals surface area contributed by atoms with Crippen LogP contribution in [0.1, 0.15) is 57.4 Å². The standard InChI is InChI=1S/C30H30ClF5N4O5/c1-16(41)13-40-25(28(43)37-14-29(44)15-39(3)6-7-45-29)12-24(26(40)17(2)22-11-20(32)4-5-23(22)31)38-27(42)18-8-19(30(34,35)36)10-21(33)9-18/h4-5,8-12,17,44H,6-7,13-15H2,1-3H3,(H,37,43)(H,38,42)/t17-,29+/m1/s1. The lowest BCUT2D eigenvalue weighted by Gasteiger charge is -2.37. The fraction of sp³-hybridized carbons (Fsp3) is 0.367. The van der Waals surface area contributed by atoms with E-state index in [0.717, 1.165) is 12.1 Å². The second-order valence-electron chi connectivity index (χ2n) is 10.9. The van der Waals surface area contributed by atoms with Crippen molar-refractivity contribution in [3.63, 3.8) is 0 Å². The molecule has 2 amide bonds. The van der Waals surface area contributed by atoms with Gasteiger partial charge in [0.25, 0.3) is 11.8 Å². The topological polar surface area (TPSA) is 113 Å². The van der Waals surface area contributed by atoms with Gasteiger partial charge in [-0.1, -0.05) is 18.5 Å². The maximum Gasteiger partial charge on any atom is 0.416 e. The molecule has 242 valence electrons. The number of rotatable bonds is 9. The maximum atomic E-state index is 14.3. The number of morpholine rings is 1. The molecule has 4 rings (SSSR count). The number of ketones is 1. The van der Waals surface area contributed by atoms with E-state index in [-0.39, 0.29) is 53.4 Å². The van der Waals surface area contributed by atoms with Crippen LogP contribution in [-0.2, 0) is 22.3 Å². The van der Waals surface area contributed by atoms with E-state index in [1.54, 1.807) is 18.9 Å². The third-order valence-electron chi connectivity index (χ3n) is 7.21. The van der Waals surface area contributed by atoms with E-state index in [0.29, 0.717) is 18.7 Å². The lowest BCUT2D eigenvalue weighted by atomic mass is 9.96. The Morgan fingerprint density at radius 3 is 2.44 bits per heavy atom. The second kappa shape index (κ2) is 13.3. The average Bonchev–Trinajstić information content (AvgIpc) is 3.28. The molecule has 1 aliphatic heterocycles. The summed E-state index contributed by atoms with van der Waals surface area (Å²) in [5, 5.41) is 15.9. The summed E-state index contributed by atoms with van der Waals surface area (Å²) in [5.74, 6) is -6.97. The summed E-state index contributed by atoms with van der Waals surface area (Å²) in [6.45, 7) is 2.87. The summed E-state index contributed by atoms with van der Waals surface area (Å²) >= 11 is 6.36. The molecule has 1 saturated heterocycles. The second-order valence-corrected chi connectivity index (χ2v) is 11.3. The molecule has 0 aliphatic carbocycles. The fourth-order valence-corrected chi connectivity index (χ4v) is 5.42. The molecule has 1 aliphatic rings. The van der Waals surface area contributed by atoms with Gasteiger partial charge in [0.05, 0.1) is 37.5 Å². The van der Waals surface area contributed by atoms with Crippen molar-refractivity contribution in [3.8, 4) is 0 Å². The number of anilines is 1. The highest BCUT2D eigenvalue weighted by Crippen LogP contribution is 2.37. The number of nitrogens with zero attached hydrogens (tertiary/aromatic N) is 2. The van der Waals surface area contributed by atoms with Crippen LogP contribution in [-0.4, -0.2) is 71.2 Å². The number of likely N-dealkylation sites (N-methyl/N-ethyl adjacent to an activating group) is 1. The maximum absolute atomic E-state index is 14.3. The van der Waals surface area contributed by atoms with E-state index in [1.165, 1.54) is 23.6 Å². The van der Waals surface area contributed by atoms with Gasteiger partial charge < -0.3 is 25.0 Å². The van der Waals surface area contributed by atoms with Gasteiger partial charge in [-0.3, -0.25) is 19.3 Å². The molecule has 3 N–H and O–H groups in total. The zero-order chi connectivity index (χ0) is 33.3. The van der Waals surface area contributed by atoms with Crippen molar-refractivity contribution in [3.05, 3.63) is 87.2 Å². The predicted octanol–water partition coefficient (Wildman–Crippen LogP) is 4.81. The lowest BCUT2D eigenvalue weighted by Crippen LogP contribution is -2.56. The molecule has 3 aromatic rings. The first-order chi connectivity index (χ1) is 21.0. The van der Waals surface area contributed by atoms with Gasteiger partial charge in [-0.05, 0) is 62.0 Å². The molecule has 0 radical (unpaired) electrons. The Morgan fingerprint density at radius 2 is 1.80 bits per heavy atom. The number of carbonyl (C=O) groups is 3. The Kier molecular flexibility index (Phi) is 10.0. The highest BCUT2D eigenvalue weighted by Gasteiger charge is 2.35. The molecule has 0 spiro atoms. The van der Waals surface area contributed by atoms with Crippen molar-refractivity contribution in [1.82, 2.24) is 14.8 Å². The molecule has 2 atom stereocenters. The van der Waals surface area contributed by atoms with Gasteiger partial charge in [0.1, 0.15) is 23.1 Å². The molecule has 0 saturated carbocycles. The number of aromatic nitrogens is 1. The number of hydrogen-bond acceptors (Lipinski definition) is 6. The average molecular weight is 657 g/mol. The van der Waals surface area contributed by atoms with Gasteiger partial charge in [-0.2, -0.15) is 13.2 Å². The van der Waals surface area contributed by atoms with E-state index >= 15 is 0 Å². The van der Waals surface area contributed by atoms with E-state index in [9.17, 15) is 41.4 Å². The number of nitrogens with one attached hydrogen (secondary N) is 2. The van der Waals surface area contributed by atoms with Crippen LogP contribution in [0.15, 0.2) is 42.5 Å². The summed E-state index contributed by atoms with van der Waals surface area (Å²) in [4.78, 5) is 40.9. The number of β-amino-alcohol motifs (C(OH)–C–C–N with tert-alkyl or cyclic N) is 1. The molecule has 0 unspecified atom stereocenters. The first kappa shape index (κ1) is 34.0. The highest BCUT2D eigenvalue weighted by molar-refractivity contribution is 6.31.